The minimum absolute atomic E-state index is 0.527. The third-order valence-electron chi connectivity index (χ3n) is 3.47. The van der Waals surface area contributed by atoms with E-state index in [9.17, 15) is 0 Å². The highest BCUT2D eigenvalue weighted by Crippen LogP contribution is 2.32. The van der Waals surface area contributed by atoms with Crippen molar-refractivity contribution in [3.05, 3.63) is 20.2 Å². The molecule has 4 heteroatoms. The molecule has 0 saturated heterocycles. The second-order valence-corrected chi connectivity index (χ2v) is 7.00. The summed E-state index contributed by atoms with van der Waals surface area (Å²) in [7, 11) is 0. The maximum absolute atomic E-state index is 6.26. The predicted octanol–water partition coefficient (Wildman–Crippen LogP) is 4.98. The number of aromatic nitrogens is 2. The number of halogens is 2. The van der Waals surface area contributed by atoms with Crippen LogP contribution in [-0.4, -0.2) is 9.97 Å². The summed E-state index contributed by atoms with van der Waals surface area (Å²) in [5.74, 6) is 2.11. The molecule has 0 amide bonds. The second-order valence-electron chi connectivity index (χ2n) is 5.57. The summed E-state index contributed by atoms with van der Waals surface area (Å²) in [6, 6.07) is 0. The van der Waals surface area contributed by atoms with E-state index in [1.807, 2.05) is 0 Å². The van der Waals surface area contributed by atoms with Gasteiger partial charge >= 0.3 is 0 Å². The van der Waals surface area contributed by atoms with Crippen LogP contribution >= 0.6 is 34.2 Å². The Balaban J connectivity index is 2.27. The average molecular weight is 379 g/mol. The van der Waals surface area contributed by atoms with Crippen molar-refractivity contribution in [1.82, 2.24) is 9.97 Å². The lowest BCUT2D eigenvalue weighted by atomic mass is 9.88. The highest BCUT2D eigenvalue weighted by molar-refractivity contribution is 14.1. The number of hydrogen-bond acceptors (Lipinski definition) is 2. The Bertz CT molecular complexity index is 415. The predicted molar refractivity (Wildman–Crippen MR) is 84.1 cm³/mol. The van der Waals surface area contributed by atoms with Crippen molar-refractivity contribution in [2.75, 3.05) is 0 Å². The van der Waals surface area contributed by atoms with E-state index in [1.54, 1.807) is 0 Å². The van der Waals surface area contributed by atoms with Gasteiger partial charge in [0, 0.05) is 5.92 Å². The van der Waals surface area contributed by atoms with Crippen molar-refractivity contribution in [2.45, 2.75) is 58.3 Å². The zero-order chi connectivity index (χ0) is 13.1. The average Bonchev–Trinajstić information content (AvgIpc) is 2.35. The van der Waals surface area contributed by atoms with Crippen LogP contribution in [0.4, 0.5) is 0 Å². The molecular weight excluding hydrogens is 359 g/mol. The molecule has 1 aromatic heterocycles. The van der Waals surface area contributed by atoms with Gasteiger partial charge in [0.15, 0.2) is 0 Å². The molecule has 1 aromatic rings. The van der Waals surface area contributed by atoms with Gasteiger partial charge in [-0.2, -0.15) is 0 Å². The van der Waals surface area contributed by atoms with E-state index in [4.69, 9.17) is 16.6 Å². The Morgan fingerprint density at radius 2 is 1.89 bits per heavy atom. The summed E-state index contributed by atoms with van der Waals surface area (Å²) in [5, 5.41) is 0.641. The fourth-order valence-electron chi connectivity index (χ4n) is 2.55. The minimum Gasteiger partial charge on any atom is -0.236 e. The summed E-state index contributed by atoms with van der Waals surface area (Å²) in [5.41, 5.74) is 1.13. The number of rotatable bonds is 3. The molecule has 1 aliphatic carbocycles. The molecule has 18 heavy (non-hydrogen) atoms. The van der Waals surface area contributed by atoms with Crippen LogP contribution in [0.3, 0.4) is 0 Å². The summed E-state index contributed by atoms with van der Waals surface area (Å²) < 4.78 is 1.03. The number of nitrogens with zero attached hydrogens (tertiary/aromatic N) is 2. The topological polar surface area (TPSA) is 25.8 Å². The Morgan fingerprint density at radius 1 is 1.22 bits per heavy atom. The largest absolute Gasteiger partial charge is 0.236 e. The van der Waals surface area contributed by atoms with Gasteiger partial charge in [0.05, 0.1) is 9.26 Å². The van der Waals surface area contributed by atoms with Gasteiger partial charge in [-0.3, -0.25) is 0 Å². The molecule has 2 nitrogen and oxygen atoms in total. The van der Waals surface area contributed by atoms with Gasteiger partial charge in [0.25, 0.3) is 0 Å². The monoisotopic (exact) mass is 378 g/mol. The first-order chi connectivity index (χ1) is 8.58. The summed E-state index contributed by atoms with van der Waals surface area (Å²) in [6.07, 6.45) is 7.39. The first-order valence-corrected chi connectivity index (χ1v) is 8.25. The third-order valence-corrected chi connectivity index (χ3v) is 5.19. The first kappa shape index (κ1) is 14.5. The van der Waals surface area contributed by atoms with Gasteiger partial charge in [-0.15, -0.1) is 0 Å². The van der Waals surface area contributed by atoms with Gasteiger partial charge in [0.2, 0.25) is 0 Å². The molecule has 1 heterocycles. The Kier molecular flexibility index (Phi) is 5.24. The van der Waals surface area contributed by atoms with Crippen LogP contribution in [-0.2, 0) is 6.42 Å². The van der Waals surface area contributed by atoms with Crippen molar-refractivity contribution in [3.63, 3.8) is 0 Å². The van der Waals surface area contributed by atoms with E-state index >= 15 is 0 Å². The molecular formula is C14H20ClIN2. The van der Waals surface area contributed by atoms with Crippen LogP contribution in [0.25, 0.3) is 0 Å². The van der Waals surface area contributed by atoms with Crippen LogP contribution < -0.4 is 0 Å². The molecule has 0 unspecified atom stereocenters. The van der Waals surface area contributed by atoms with Crippen molar-refractivity contribution in [3.8, 4) is 0 Å². The minimum atomic E-state index is 0.527. The van der Waals surface area contributed by atoms with Crippen molar-refractivity contribution < 1.29 is 0 Å². The van der Waals surface area contributed by atoms with Gasteiger partial charge in [-0.25, -0.2) is 9.97 Å². The van der Waals surface area contributed by atoms with Crippen molar-refractivity contribution in [2.24, 2.45) is 5.92 Å². The van der Waals surface area contributed by atoms with Crippen LogP contribution in [0.15, 0.2) is 0 Å². The van der Waals surface area contributed by atoms with Crippen molar-refractivity contribution >= 4 is 34.2 Å². The lowest BCUT2D eigenvalue weighted by molar-refractivity contribution is 0.426. The Hall–Kier alpha value is 0.100. The fourth-order valence-corrected chi connectivity index (χ4v) is 3.20. The van der Waals surface area contributed by atoms with Crippen LogP contribution in [0, 0.1) is 9.49 Å². The van der Waals surface area contributed by atoms with Gasteiger partial charge in [0.1, 0.15) is 11.0 Å². The molecule has 0 bridgehead atoms. The Morgan fingerprint density at radius 3 is 2.50 bits per heavy atom. The second kappa shape index (κ2) is 6.51. The third kappa shape index (κ3) is 3.56. The maximum Gasteiger partial charge on any atom is 0.146 e. The smallest absolute Gasteiger partial charge is 0.146 e. The highest BCUT2D eigenvalue weighted by Gasteiger charge is 2.21. The molecule has 0 radical (unpaired) electrons. The van der Waals surface area contributed by atoms with Gasteiger partial charge in [-0.1, -0.05) is 44.7 Å². The van der Waals surface area contributed by atoms with E-state index in [2.05, 4.69) is 41.4 Å². The molecule has 2 rings (SSSR count). The molecule has 100 valence electrons. The van der Waals surface area contributed by atoms with E-state index < -0.39 is 0 Å². The van der Waals surface area contributed by atoms with E-state index in [0.29, 0.717) is 17.0 Å². The normalized spacial score (nSPS) is 17.4. The summed E-state index contributed by atoms with van der Waals surface area (Å²) >= 11 is 8.53. The molecule has 0 atom stereocenters. The summed E-state index contributed by atoms with van der Waals surface area (Å²) in [6.45, 7) is 4.43. The highest BCUT2D eigenvalue weighted by atomic mass is 127. The summed E-state index contributed by atoms with van der Waals surface area (Å²) in [4.78, 5) is 9.31. The fraction of sp³-hybridized carbons (Fsp3) is 0.714. The molecule has 1 fully saturated rings. The quantitative estimate of drug-likeness (QED) is 0.547. The van der Waals surface area contributed by atoms with E-state index in [0.717, 1.165) is 21.5 Å². The standard InChI is InChI=1S/C14H20ClIN2/c1-9(2)8-11-12(16)13(15)18-14(17-11)10-6-4-3-5-7-10/h9-10H,3-8H2,1-2H3. The van der Waals surface area contributed by atoms with Gasteiger partial charge in [-0.05, 0) is 47.8 Å². The molecule has 0 N–H and O–H groups in total. The molecule has 0 spiro atoms. The molecule has 0 aliphatic heterocycles. The van der Waals surface area contributed by atoms with Crippen LogP contribution in [0.2, 0.25) is 5.15 Å². The SMILES string of the molecule is CC(C)Cc1nc(C2CCCCC2)nc(Cl)c1I. The maximum atomic E-state index is 6.26. The number of hydrogen-bond donors (Lipinski definition) is 0. The van der Waals surface area contributed by atoms with Gasteiger partial charge < -0.3 is 0 Å². The van der Waals surface area contributed by atoms with E-state index in [-0.39, 0.29) is 0 Å². The van der Waals surface area contributed by atoms with Crippen LogP contribution in [0.1, 0.15) is 63.4 Å². The lowest BCUT2D eigenvalue weighted by Gasteiger charge is -2.21. The molecule has 1 aliphatic rings. The molecule has 1 saturated carbocycles. The van der Waals surface area contributed by atoms with Crippen LogP contribution in [0.5, 0.6) is 0 Å². The van der Waals surface area contributed by atoms with Crippen molar-refractivity contribution in [1.29, 1.82) is 0 Å². The zero-order valence-electron chi connectivity index (χ0n) is 11.0. The lowest BCUT2D eigenvalue weighted by Crippen LogP contribution is -2.12. The molecule has 0 aromatic carbocycles. The Labute approximate surface area is 128 Å². The zero-order valence-corrected chi connectivity index (χ0v) is 14.0. The van der Waals surface area contributed by atoms with E-state index in [1.165, 1.54) is 32.1 Å². The first-order valence-electron chi connectivity index (χ1n) is 6.79.